The molecule has 1 atom stereocenters. The first-order valence-corrected chi connectivity index (χ1v) is 10.7. The van der Waals surface area contributed by atoms with Crippen molar-refractivity contribution in [2.75, 3.05) is 14.1 Å². The molecule has 0 spiro atoms. The lowest BCUT2D eigenvalue weighted by Crippen LogP contribution is -2.30. The number of aromatic nitrogens is 2. The van der Waals surface area contributed by atoms with E-state index in [9.17, 15) is 0 Å². The summed E-state index contributed by atoms with van der Waals surface area (Å²) in [7, 11) is 4.41. The molecule has 1 unspecified atom stereocenters. The van der Waals surface area contributed by atoms with Gasteiger partial charge in [0.05, 0.1) is 0 Å². The fourth-order valence-electron chi connectivity index (χ4n) is 4.75. The van der Waals surface area contributed by atoms with Crippen molar-refractivity contribution in [2.45, 2.75) is 45.1 Å². The zero-order chi connectivity index (χ0) is 20.2. The predicted molar refractivity (Wildman–Crippen MR) is 116 cm³/mol. The lowest BCUT2D eigenvalue weighted by molar-refractivity contribution is 0.146. The van der Waals surface area contributed by atoms with Crippen LogP contribution in [0.25, 0.3) is 11.4 Å². The Labute approximate surface area is 173 Å². The highest BCUT2D eigenvalue weighted by atomic mass is 16.5. The van der Waals surface area contributed by atoms with Gasteiger partial charge < -0.3 is 9.42 Å². The molecule has 4 nitrogen and oxygen atoms in total. The summed E-state index contributed by atoms with van der Waals surface area (Å²) in [6.45, 7) is 2.08. The van der Waals surface area contributed by atoms with Crippen molar-refractivity contribution in [1.29, 1.82) is 0 Å². The number of hydrogen-bond acceptors (Lipinski definition) is 4. The molecule has 1 aromatic heterocycles. The van der Waals surface area contributed by atoms with Crippen LogP contribution in [0.1, 0.15) is 48.7 Å². The molecule has 0 N–H and O–H groups in total. The van der Waals surface area contributed by atoms with Crippen LogP contribution in [0.2, 0.25) is 0 Å². The van der Waals surface area contributed by atoms with E-state index in [1.807, 2.05) is 0 Å². The van der Waals surface area contributed by atoms with Crippen LogP contribution in [-0.2, 0) is 6.42 Å². The SMILES string of the molecule is Cc1ccc(-c2noc(CC3CCC(C(c4ccccc4)N(C)C)CC3)n2)cc1. The zero-order valence-electron chi connectivity index (χ0n) is 17.7. The topological polar surface area (TPSA) is 42.2 Å². The summed E-state index contributed by atoms with van der Waals surface area (Å²) in [6, 6.07) is 19.7. The first kappa shape index (κ1) is 19.8. The second-order valence-electron chi connectivity index (χ2n) is 8.68. The lowest BCUT2D eigenvalue weighted by Gasteiger charge is -2.37. The van der Waals surface area contributed by atoms with Gasteiger partial charge in [-0.1, -0.05) is 65.3 Å². The average Bonchev–Trinajstić information content (AvgIpc) is 3.19. The van der Waals surface area contributed by atoms with E-state index in [2.05, 4.69) is 90.7 Å². The van der Waals surface area contributed by atoms with Gasteiger partial charge in [-0.15, -0.1) is 0 Å². The van der Waals surface area contributed by atoms with Crippen LogP contribution in [0.3, 0.4) is 0 Å². The Morgan fingerprint density at radius 3 is 2.31 bits per heavy atom. The summed E-state index contributed by atoms with van der Waals surface area (Å²) in [5, 5.41) is 4.19. The summed E-state index contributed by atoms with van der Waals surface area (Å²) in [5.41, 5.74) is 3.69. The van der Waals surface area contributed by atoms with Crippen LogP contribution in [-0.4, -0.2) is 29.1 Å². The maximum absolute atomic E-state index is 5.56. The fraction of sp³-hybridized carbons (Fsp3) is 0.440. The number of hydrogen-bond donors (Lipinski definition) is 0. The molecule has 2 aromatic carbocycles. The van der Waals surface area contributed by atoms with Gasteiger partial charge in [0.1, 0.15) is 0 Å². The van der Waals surface area contributed by atoms with Gasteiger partial charge in [0.2, 0.25) is 11.7 Å². The van der Waals surface area contributed by atoms with Crippen LogP contribution in [0, 0.1) is 18.8 Å². The molecule has 152 valence electrons. The Morgan fingerprint density at radius 2 is 1.66 bits per heavy atom. The molecule has 0 radical (unpaired) electrons. The van der Waals surface area contributed by atoms with Crippen molar-refractivity contribution in [3.05, 3.63) is 71.6 Å². The van der Waals surface area contributed by atoms with Gasteiger partial charge in [-0.05, 0) is 64.1 Å². The van der Waals surface area contributed by atoms with Gasteiger partial charge >= 0.3 is 0 Å². The molecule has 1 saturated carbocycles. The molecule has 1 aliphatic carbocycles. The normalized spacial score (nSPS) is 20.7. The lowest BCUT2D eigenvalue weighted by atomic mass is 9.75. The van der Waals surface area contributed by atoms with E-state index in [0.717, 1.165) is 17.9 Å². The van der Waals surface area contributed by atoms with Crippen molar-refractivity contribution in [3.63, 3.8) is 0 Å². The number of aryl methyl sites for hydroxylation is 1. The number of nitrogens with zero attached hydrogens (tertiary/aromatic N) is 3. The highest BCUT2D eigenvalue weighted by molar-refractivity contribution is 5.54. The standard InChI is InChI=1S/C25H31N3O/c1-18-9-13-22(14-10-18)25-26-23(29-27-25)17-19-11-15-21(16-12-19)24(28(2)3)20-7-5-4-6-8-20/h4-10,13-14,19,21,24H,11-12,15-17H2,1-3H3. The minimum Gasteiger partial charge on any atom is -0.339 e. The molecule has 3 aromatic rings. The molecule has 1 fully saturated rings. The highest BCUT2D eigenvalue weighted by Gasteiger charge is 2.30. The molecule has 0 saturated heterocycles. The van der Waals surface area contributed by atoms with Crippen LogP contribution < -0.4 is 0 Å². The minimum atomic E-state index is 0.494. The molecular weight excluding hydrogens is 358 g/mol. The molecular formula is C25H31N3O. The first-order chi connectivity index (χ1) is 14.1. The molecule has 29 heavy (non-hydrogen) atoms. The van der Waals surface area contributed by atoms with E-state index >= 15 is 0 Å². The van der Waals surface area contributed by atoms with Crippen LogP contribution in [0.5, 0.6) is 0 Å². The number of benzene rings is 2. The monoisotopic (exact) mass is 389 g/mol. The predicted octanol–water partition coefficient (Wildman–Crippen LogP) is 5.70. The second-order valence-corrected chi connectivity index (χ2v) is 8.68. The summed E-state index contributed by atoms with van der Waals surface area (Å²) in [4.78, 5) is 7.03. The third kappa shape index (κ3) is 4.76. The van der Waals surface area contributed by atoms with Crippen LogP contribution in [0.15, 0.2) is 59.1 Å². The smallest absolute Gasteiger partial charge is 0.227 e. The van der Waals surface area contributed by atoms with Crippen LogP contribution in [0.4, 0.5) is 0 Å². The van der Waals surface area contributed by atoms with Gasteiger partial charge in [-0.25, -0.2) is 0 Å². The van der Waals surface area contributed by atoms with Gasteiger partial charge in [0, 0.05) is 18.0 Å². The van der Waals surface area contributed by atoms with E-state index in [1.54, 1.807) is 0 Å². The number of rotatable bonds is 6. The molecule has 1 aliphatic rings. The molecule has 0 aliphatic heterocycles. The largest absolute Gasteiger partial charge is 0.339 e. The van der Waals surface area contributed by atoms with E-state index in [4.69, 9.17) is 4.52 Å². The van der Waals surface area contributed by atoms with Gasteiger partial charge in [-0.3, -0.25) is 0 Å². The Bertz CT molecular complexity index is 893. The Balaban J connectivity index is 1.36. The maximum atomic E-state index is 5.56. The third-order valence-corrected chi connectivity index (χ3v) is 6.28. The summed E-state index contributed by atoms with van der Waals surface area (Å²) >= 11 is 0. The van der Waals surface area contributed by atoms with Crippen molar-refractivity contribution in [2.24, 2.45) is 11.8 Å². The van der Waals surface area contributed by atoms with E-state index in [-0.39, 0.29) is 0 Å². The average molecular weight is 390 g/mol. The quantitative estimate of drug-likeness (QED) is 0.542. The highest BCUT2D eigenvalue weighted by Crippen LogP contribution is 2.40. The van der Waals surface area contributed by atoms with Gasteiger partial charge in [0.15, 0.2) is 0 Å². The molecule has 4 rings (SSSR count). The Hall–Kier alpha value is -2.46. The van der Waals surface area contributed by atoms with Crippen LogP contribution >= 0.6 is 0 Å². The molecule has 0 bridgehead atoms. The first-order valence-electron chi connectivity index (χ1n) is 10.7. The minimum absolute atomic E-state index is 0.494. The zero-order valence-corrected chi connectivity index (χ0v) is 17.7. The van der Waals surface area contributed by atoms with Crippen molar-refractivity contribution in [3.8, 4) is 11.4 Å². The van der Waals surface area contributed by atoms with Crippen molar-refractivity contribution in [1.82, 2.24) is 15.0 Å². The summed E-state index contributed by atoms with van der Waals surface area (Å²) in [6.07, 6.45) is 5.85. The van der Waals surface area contributed by atoms with Crippen molar-refractivity contribution >= 4 is 0 Å². The summed E-state index contributed by atoms with van der Waals surface area (Å²) < 4.78 is 5.56. The van der Waals surface area contributed by atoms with Gasteiger partial charge in [-0.2, -0.15) is 4.98 Å². The second kappa shape index (κ2) is 8.91. The van der Waals surface area contributed by atoms with E-state index < -0.39 is 0 Å². The molecule has 0 amide bonds. The third-order valence-electron chi connectivity index (χ3n) is 6.28. The van der Waals surface area contributed by atoms with E-state index in [1.165, 1.54) is 36.8 Å². The molecule has 1 heterocycles. The molecule has 4 heteroatoms. The van der Waals surface area contributed by atoms with E-state index in [0.29, 0.717) is 23.7 Å². The maximum Gasteiger partial charge on any atom is 0.227 e. The van der Waals surface area contributed by atoms with Gasteiger partial charge in [0.25, 0.3) is 0 Å². The summed E-state index contributed by atoms with van der Waals surface area (Å²) in [5.74, 6) is 2.81. The fourth-order valence-corrected chi connectivity index (χ4v) is 4.75. The van der Waals surface area contributed by atoms with Crippen molar-refractivity contribution < 1.29 is 4.52 Å². The Morgan fingerprint density at radius 1 is 0.966 bits per heavy atom. The Kier molecular flexibility index (Phi) is 6.10.